The topological polar surface area (TPSA) is 20.3 Å². The molecule has 0 spiro atoms. The van der Waals surface area contributed by atoms with Crippen LogP contribution in [-0.2, 0) is 4.79 Å². The highest BCUT2D eigenvalue weighted by atomic mass is 16.2. The molecule has 0 N–H and O–H groups in total. The number of carbonyl (C=O) groups is 1. The van der Waals surface area contributed by atoms with Crippen molar-refractivity contribution in [3.05, 3.63) is 0 Å². The summed E-state index contributed by atoms with van der Waals surface area (Å²) in [5, 5.41) is 0. The van der Waals surface area contributed by atoms with Gasteiger partial charge in [-0.3, -0.25) is 4.79 Å². The molecular weight excluding hydrogens is 198 g/mol. The van der Waals surface area contributed by atoms with Gasteiger partial charge in [-0.15, -0.1) is 0 Å². The smallest absolute Gasteiger partial charge is 0.220 e. The van der Waals surface area contributed by atoms with Gasteiger partial charge < -0.3 is 4.90 Å². The van der Waals surface area contributed by atoms with Crippen molar-refractivity contribution in [3.8, 4) is 0 Å². The molecule has 2 heteroatoms. The lowest BCUT2D eigenvalue weighted by atomic mass is 9.64. The van der Waals surface area contributed by atoms with Crippen molar-refractivity contribution in [3.63, 3.8) is 0 Å². The van der Waals surface area contributed by atoms with Crippen LogP contribution in [0.15, 0.2) is 0 Å². The molecule has 2 nitrogen and oxygen atoms in total. The van der Waals surface area contributed by atoms with Crippen LogP contribution in [0.3, 0.4) is 0 Å². The van der Waals surface area contributed by atoms with E-state index in [0.717, 1.165) is 12.8 Å². The predicted molar refractivity (Wildman–Crippen MR) is 68.3 cm³/mol. The number of carbonyl (C=O) groups excluding carboxylic acids is 1. The molecule has 1 heterocycles. The van der Waals surface area contributed by atoms with Crippen molar-refractivity contribution < 1.29 is 4.79 Å². The first-order chi connectivity index (χ1) is 7.04. The summed E-state index contributed by atoms with van der Waals surface area (Å²) >= 11 is 0. The van der Waals surface area contributed by atoms with Crippen LogP contribution >= 0.6 is 0 Å². The van der Waals surface area contributed by atoms with Crippen LogP contribution in [0.1, 0.15) is 67.7 Å². The Morgan fingerprint density at radius 2 is 1.44 bits per heavy atom. The van der Waals surface area contributed by atoms with Crippen LogP contribution in [0.2, 0.25) is 0 Å². The summed E-state index contributed by atoms with van der Waals surface area (Å²) in [6.07, 6.45) is 3.38. The Kier molecular flexibility index (Phi) is 3.17. The van der Waals surface area contributed by atoms with E-state index >= 15 is 0 Å². The fourth-order valence-electron chi connectivity index (χ4n) is 4.23. The average molecular weight is 225 g/mol. The van der Waals surface area contributed by atoms with Gasteiger partial charge in [0.15, 0.2) is 0 Å². The fourth-order valence-corrected chi connectivity index (χ4v) is 4.23. The van der Waals surface area contributed by atoms with E-state index in [1.807, 2.05) is 0 Å². The molecule has 1 saturated heterocycles. The molecule has 0 unspecified atom stereocenters. The molecule has 1 aliphatic heterocycles. The van der Waals surface area contributed by atoms with Crippen molar-refractivity contribution in [2.75, 3.05) is 0 Å². The molecule has 0 aromatic carbocycles. The van der Waals surface area contributed by atoms with Gasteiger partial charge >= 0.3 is 0 Å². The minimum Gasteiger partial charge on any atom is -0.333 e. The molecule has 0 saturated carbocycles. The molecule has 0 aromatic rings. The van der Waals surface area contributed by atoms with Crippen molar-refractivity contribution >= 4 is 5.91 Å². The summed E-state index contributed by atoms with van der Waals surface area (Å²) in [6.45, 7) is 15.1. The van der Waals surface area contributed by atoms with E-state index in [-0.39, 0.29) is 17.0 Å². The first-order valence-electron chi connectivity index (χ1n) is 6.35. The minimum absolute atomic E-state index is 0.0294. The second kappa shape index (κ2) is 3.75. The molecule has 0 bridgehead atoms. The highest BCUT2D eigenvalue weighted by Crippen LogP contribution is 2.49. The molecule has 1 aliphatic rings. The second-order valence-electron chi connectivity index (χ2n) is 7.00. The molecule has 0 aromatic heterocycles. The van der Waals surface area contributed by atoms with Crippen molar-refractivity contribution in [2.24, 2.45) is 5.41 Å². The monoisotopic (exact) mass is 225 g/mol. The normalized spacial score (nSPS) is 26.6. The quantitative estimate of drug-likeness (QED) is 0.667. The molecular formula is C14H27NO. The molecule has 16 heavy (non-hydrogen) atoms. The zero-order chi connectivity index (χ0) is 12.8. The zero-order valence-electron chi connectivity index (χ0n) is 12.0. The van der Waals surface area contributed by atoms with Gasteiger partial charge in [0.1, 0.15) is 0 Å². The predicted octanol–water partition coefficient (Wildman–Crippen LogP) is 3.60. The Hall–Kier alpha value is -0.530. The van der Waals surface area contributed by atoms with Gasteiger partial charge in [0.25, 0.3) is 0 Å². The lowest BCUT2D eigenvalue weighted by molar-refractivity contribution is -0.154. The van der Waals surface area contributed by atoms with Crippen molar-refractivity contribution in [2.45, 2.75) is 78.8 Å². The first kappa shape index (κ1) is 13.5. The number of nitrogens with zero attached hydrogens (tertiary/aromatic N) is 1. The number of amides is 1. The molecule has 1 amide bonds. The standard InChI is InChI=1S/C14H27NO/c1-8-14(7)9-12(3,4)15(11(2)16)13(5,6)10-14/h8-10H2,1-7H3. The Morgan fingerprint density at radius 1 is 1.06 bits per heavy atom. The third-order valence-electron chi connectivity index (χ3n) is 4.10. The summed E-state index contributed by atoms with van der Waals surface area (Å²) in [5.74, 6) is 0.202. The van der Waals surface area contributed by atoms with Crippen LogP contribution < -0.4 is 0 Å². The van der Waals surface area contributed by atoms with Crippen LogP contribution in [0.4, 0.5) is 0 Å². The Morgan fingerprint density at radius 3 is 1.69 bits per heavy atom. The lowest BCUT2D eigenvalue weighted by Crippen LogP contribution is -2.64. The molecule has 1 fully saturated rings. The highest BCUT2D eigenvalue weighted by molar-refractivity contribution is 5.75. The maximum absolute atomic E-state index is 11.9. The summed E-state index contributed by atoms with van der Waals surface area (Å²) in [5.41, 5.74) is 0.301. The number of hydrogen-bond acceptors (Lipinski definition) is 1. The van der Waals surface area contributed by atoms with E-state index < -0.39 is 0 Å². The lowest BCUT2D eigenvalue weighted by Gasteiger charge is -2.58. The van der Waals surface area contributed by atoms with Crippen LogP contribution in [0.5, 0.6) is 0 Å². The molecule has 0 aliphatic carbocycles. The van der Waals surface area contributed by atoms with Crippen LogP contribution in [0, 0.1) is 5.41 Å². The fraction of sp³-hybridized carbons (Fsp3) is 0.929. The SMILES string of the molecule is CCC1(C)CC(C)(C)N(C(C)=O)C(C)(C)C1. The maximum atomic E-state index is 11.9. The van der Waals surface area contributed by atoms with Gasteiger partial charge in [-0.2, -0.15) is 0 Å². The average Bonchev–Trinajstić information content (AvgIpc) is 1.96. The number of rotatable bonds is 1. The van der Waals surface area contributed by atoms with Crippen molar-refractivity contribution in [1.29, 1.82) is 0 Å². The Balaban J connectivity index is 3.13. The van der Waals surface area contributed by atoms with Crippen molar-refractivity contribution in [1.82, 2.24) is 4.90 Å². The van der Waals surface area contributed by atoms with E-state index in [0.29, 0.717) is 5.41 Å². The van der Waals surface area contributed by atoms with Gasteiger partial charge in [-0.1, -0.05) is 20.3 Å². The van der Waals surface area contributed by atoms with E-state index in [9.17, 15) is 4.79 Å². The van der Waals surface area contributed by atoms with E-state index in [2.05, 4.69) is 46.4 Å². The number of hydrogen-bond donors (Lipinski definition) is 0. The first-order valence-corrected chi connectivity index (χ1v) is 6.35. The van der Waals surface area contributed by atoms with Gasteiger partial charge in [-0.05, 0) is 46.0 Å². The second-order valence-corrected chi connectivity index (χ2v) is 7.00. The Bertz CT molecular complexity index is 273. The summed E-state index contributed by atoms with van der Waals surface area (Å²) in [7, 11) is 0. The summed E-state index contributed by atoms with van der Waals surface area (Å²) in [6, 6.07) is 0. The Labute approximate surface area is 100 Å². The van der Waals surface area contributed by atoms with E-state index in [4.69, 9.17) is 0 Å². The van der Waals surface area contributed by atoms with Gasteiger partial charge in [0, 0.05) is 18.0 Å². The van der Waals surface area contributed by atoms with E-state index in [1.165, 1.54) is 6.42 Å². The number of piperidine rings is 1. The number of likely N-dealkylation sites (tertiary alicyclic amines) is 1. The molecule has 1 rings (SSSR count). The third-order valence-corrected chi connectivity index (χ3v) is 4.10. The largest absolute Gasteiger partial charge is 0.333 e. The molecule has 94 valence electrons. The summed E-state index contributed by atoms with van der Waals surface area (Å²) < 4.78 is 0. The van der Waals surface area contributed by atoms with Gasteiger partial charge in [-0.25, -0.2) is 0 Å². The molecule has 0 atom stereocenters. The van der Waals surface area contributed by atoms with Crippen LogP contribution in [-0.4, -0.2) is 21.9 Å². The summed E-state index contributed by atoms with van der Waals surface area (Å²) in [4.78, 5) is 13.9. The van der Waals surface area contributed by atoms with E-state index in [1.54, 1.807) is 6.92 Å². The van der Waals surface area contributed by atoms with Crippen LogP contribution in [0.25, 0.3) is 0 Å². The third kappa shape index (κ3) is 2.26. The van der Waals surface area contributed by atoms with Gasteiger partial charge in [0.05, 0.1) is 0 Å². The zero-order valence-corrected chi connectivity index (χ0v) is 12.0. The highest BCUT2D eigenvalue weighted by Gasteiger charge is 2.50. The van der Waals surface area contributed by atoms with Gasteiger partial charge in [0.2, 0.25) is 5.91 Å². The maximum Gasteiger partial charge on any atom is 0.220 e. The minimum atomic E-state index is -0.0294. The molecule has 0 radical (unpaired) electrons.